The molecule has 1 amide bonds. The summed E-state index contributed by atoms with van der Waals surface area (Å²) < 4.78 is 0. The van der Waals surface area contributed by atoms with E-state index in [9.17, 15) is 9.90 Å². The second-order valence-electron chi connectivity index (χ2n) is 8.26. The minimum Gasteiger partial charge on any atom is -0.391 e. The van der Waals surface area contributed by atoms with E-state index in [0.717, 1.165) is 23.0 Å². The minimum absolute atomic E-state index is 0.0359. The van der Waals surface area contributed by atoms with Crippen LogP contribution >= 0.6 is 0 Å². The van der Waals surface area contributed by atoms with Crippen LogP contribution in [-0.2, 0) is 17.6 Å². The van der Waals surface area contributed by atoms with Crippen LogP contribution in [0.1, 0.15) is 28.8 Å². The number of fused-ring (bicyclic) bond motifs is 1. The fourth-order valence-corrected chi connectivity index (χ4v) is 4.27. The van der Waals surface area contributed by atoms with Crippen molar-refractivity contribution in [3.63, 3.8) is 0 Å². The highest BCUT2D eigenvalue weighted by atomic mass is 16.3. The van der Waals surface area contributed by atoms with E-state index >= 15 is 0 Å². The highest BCUT2D eigenvalue weighted by Crippen LogP contribution is 2.23. The Balaban J connectivity index is 1.36. The van der Waals surface area contributed by atoms with Crippen molar-refractivity contribution < 1.29 is 9.90 Å². The number of aromatic nitrogens is 1. The Morgan fingerprint density at radius 1 is 1.10 bits per heavy atom. The molecule has 4 heteroatoms. The molecule has 4 rings (SSSR count). The zero-order valence-corrected chi connectivity index (χ0v) is 17.1. The van der Waals surface area contributed by atoms with Crippen LogP contribution in [0.5, 0.6) is 0 Å². The molecule has 1 aliphatic rings. The SMILES string of the molecule is Cc1ccc(CCC(=O)N2CC(O)C(Cc3ccc4ccccc4n3)C2)c(C)c1. The van der Waals surface area contributed by atoms with Crippen molar-refractivity contribution in [3.8, 4) is 0 Å². The number of aliphatic hydroxyl groups is 1. The highest BCUT2D eigenvalue weighted by Gasteiger charge is 2.34. The Morgan fingerprint density at radius 3 is 2.76 bits per heavy atom. The largest absolute Gasteiger partial charge is 0.391 e. The summed E-state index contributed by atoms with van der Waals surface area (Å²) in [6, 6.07) is 18.5. The number of pyridine rings is 1. The average Bonchev–Trinajstić information content (AvgIpc) is 3.07. The van der Waals surface area contributed by atoms with Crippen molar-refractivity contribution in [1.29, 1.82) is 0 Å². The number of β-amino-alcohol motifs (C(OH)–C–C–N with tert-alkyl or cyclic N) is 1. The first kappa shape index (κ1) is 19.6. The molecule has 0 radical (unpaired) electrons. The third-order valence-electron chi connectivity index (χ3n) is 5.99. The molecule has 1 aliphatic heterocycles. The van der Waals surface area contributed by atoms with Crippen LogP contribution in [-0.4, -0.2) is 40.1 Å². The van der Waals surface area contributed by atoms with Crippen LogP contribution in [0.25, 0.3) is 10.9 Å². The molecule has 2 heterocycles. The molecule has 1 saturated heterocycles. The van der Waals surface area contributed by atoms with Gasteiger partial charge in [0.2, 0.25) is 5.91 Å². The summed E-state index contributed by atoms with van der Waals surface area (Å²) >= 11 is 0. The molecule has 2 unspecified atom stereocenters. The molecule has 2 atom stereocenters. The Labute approximate surface area is 172 Å². The van der Waals surface area contributed by atoms with E-state index in [1.807, 2.05) is 35.2 Å². The smallest absolute Gasteiger partial charge is 0.223 e. The molecular formula is C25H28N2O2. The van der Waals surface area contributed by atoms with Gasteiger partial charge in [-0.25, -0.2) is 0 Å². The van der Waals surface area contributed by atoms with Gasteiger partial charge in [-0.3, -0.25) is 9.78 Å². The predicted molar refractivity (Wildman–Crippen MR) is 116 cm³/mol. The van der Waals surface area contributed by atoms with Gasteiger partial charge in [-0.15, -0.1) is 0 Å². The zero-order valence-electron chi connectivity index (χ0n) is 17.1. The van der Waals surface area contributed by atoms with Gasteiger partial charge in [-0.1, -0.05) is 48.0 Å². The summed E-state index contributed by atoms with van der Waals surface area (Å²) in [7, 11) is 0. The van der Waals surface area contributed by atoms with Crippen LogP contribution in [0.2, 0.25) is 0 Å². The summed E-state index contributed by atoms with van der Waals surface area (Å²) in [5, 5.41) is 11.6. The second kappa shape index (κ2) is 8.34. The summed E-state index contributed by atoms with van der Waals surface area (Å²) in [5.41, 5.74) is 5.64. The first-order valence-corrected chi connectivity index (χ1v) is 10.4. The first-order chi connectivity index (χ1) is 14.0. The minimum atomic E-state index is -0.492. The number of hydrogen-bond donors (Lipinski definition) is 1. The number of hydrogen-bond acceptors (Lipinski definition) is 3. The molecule has 4 nitrogen and oxygen atoms in total. The number of benzene rings is 2. The molecule has 1 N–H and O–H groups in total. The highest BCUT2D eigenvalue weighted by molar-refractivity contribution is 5.78. The molecule has 0 saturated carbocycles. The standard InChI is InChI=1S/C25H28N2O2/c1-17-7-8-19(18(2)13-17)10-12-25(29)27-15-21(24(28)16-27)14-22-11-9-20-5-3-4-6-23(20)26-22/h3-9,11,13,21,24,28H,10,12,14-16H2,1-2H3. The van der Waals surface area contributed by atoms with Gasteiger partial charge < -0.3 is 10.0 Å². The normalized spacial score (nSPS) is 19.1. The van der Waals surface area contributed by atoms with Gasteiger partial charge in [0.05, 0.1) is 11.6 Å². The predicted octanol–water partition coefficient (Wildman–Crippen LogP) is 3.85. The van der Waals surface area contributed by atoms with Crippen LogP contribution in [0.3, 0.4) is 0 Å². The number of para-hydroxylation sites is 1. The Kier molecular flexibility index (Phi) is 5.63. The second-order valence-corrected chi connectivity index (χ2v) is 8.26. The maximum Gasteiger partial charge on any atom is 0.223 e. The van der Waals surface area contributed by atoms with Gasteiger partial charge in [0.25, 0.3) is 0 Å². The van der Waals surface area contributed by atoms with E-state index in [0.29, 0.717) is 25.9 Å². The van der Waals surface area contributed by atoms with Crippen molar-refractivity contribution in [3.05, 3.63) is 77.0 Å². The lowest BCUT2D eigenvalue weighted by atomic mass is 9.99. The van der Waals surface area contributed by atoms with Crippen molar-refractivity contribution in [2.45, 2.75) is 39.2 Å². The summed E-state index contributed by atoms with van der Waals surface area (Å²) in [4.78, 5) is 19.3. The van der Waals surface area contributed by atoms with Crippen molar-refractivity contribution in [1.82, 2.24) is 9.88 Å². The lowest BCUT2D eigenvalue weighted by molar-refractivity contribution is -0.130. The van der Waals surface area contributed by atoms with Crippen molar-refractivity contribution in [2.24, 2.45) is 5.92 Å². The number of nitrogens with zero attached hydrogens (tertiary/aromatic N) is 2. The lowest BCUT2D eigenvalue weighted by Gasteiger charge is -2.16. The molecule has 3 aromatic rings. The number of aryl methyl sites for hydroxylation is 3. The number of aliphatic hydroxyl groups excluding tert-OH is 1. The Morgan fingerprint density at radius 2 is 1.93 bits per heavy atom. The third-order valence-corrected chi connectivity index (χ3v) is 5.99. The number of amides is 1. The van der Waals surface area contributed by atoms with Gasteiger partial charge in [0, 0.05) is 36.5 Å². The number of carbonyl (C=O) groups is 1. The fraction of sp³-hybridized carbons (Fsp3) is 0.360. The summed E-state index contributed by atoms with van der Waals surface area (Å²) in [5.74, 6) is 0.159. The molecule has 2 aromatic carbocycles. The molecule has 150 valence electrons. The average molecular weight is 389 g/mol. The molecule has 0 bridgehead atoms. The topological polar surface area (TPSA) is 53.4 Å². The van der Waals surface area contributed by atoms with Gasteiger partial charge in [0.15, 0.2) is 0 Å². The summed E-state index contributed by atoms with van der Waals surface area (Å²) in [6.07, 6.45) is 1.42. The number of carbonyl (C=O) groups excluding carboxylic acids is 1. The van der Waals surface area contributed by atoms with E-state index in [2.05, 4.69) is 38.1 Å². The van der Waals surface area contributed by atoms with E-state index in [1.54, 1.807) is 0 Å². The molecule has 1 fully saturated rings. The maximum absolute atomic E-state index is 12.7. The van der Waals surface area contributed by atoms with Crippen molar-refractivity contribution in [2.75, 3.05) is 13.1 Å². The monoisotopic (exact) mass is 388 g/mol. The quantitative estimate of drug-likeness (QED) is 0.722. The molecule has 1 aromatic heterocycles. The number of likely N-dealkylation sites (tertiary alicyclic amines) is 1. The van der Waals surface area contributed by atoms with Gasteiger partial charge >= 0.3 is 0 Å². The third kappa shape index (κ3) is 4.48. The van der Waals surface area contributed by atoms with Gasteiger partial charge in [0.1, 0.15) is 0 Å². The van der Waals surface area contributed by atoms with E-state index in [-0.39, 0.29) is 11.8 Å². The Bertz CT molecular complexity index is 1030. The lowest BCUT2D eigenvalue weighted by Crippen LogP contribution is -2.29. The van der Waals surface area contributed by atoms with E-state index in [1.165, 1.54) is 16.7 Å². The molecule has 0 spiro atoms. The van der Waals surface area contributed by atoms with E-state index < -0.39 is 6.10 Å². The fourth-order valence-electron chi connectivity index (χ4n) is 4.27. The van der Waals surface area contributed by atoms with Crippen LogP contribution < -0.4 is 0 Å². The number of rotatable bonds is 5. The van der Waals surface area contributed by atoms with Gasteiger partial charge in [-0.05, 0) is 49.9 Å². The molecule has 0 aliphatic carbocycles. The molecule has 29 heavy (non-hydrogen) atoms. The zero-order chi connectivity index (χ0) is 20.4. The van der Waals surface area contributed by atoms with Crippen LogP contribution in [0.4, 0.5) is 0 Å². The van der Waals surface area contributed by atoms with E-state index in [4.69, 9.17) is 4.98 Å². The molecular weight excluding hydrogens is 360 g/mol. The maximum atomic E-state index is 12.7. The first-order valence-electron chi connectivity index (χ1n) is 10.4. The van der Waals surface area contributed by atoms with Crippen LogP contribution in [0.15, 0.2) is 54.6 Å². The van der Waals surface area contributed by atoms with Gasteiger partial charge in [-0.2, -0.15) is 0 Å². The van der Waals surface area contributed by atoms with Crippen molar-refractivity contribution >= 4 is 16.8 Å². The summed E-state index contributed by atoms with van der Waals surface area (Å²) in [6.45, 7) is 5.20. The Hall–Kier alpha value is -2.72. The van der Waals surface area contributed by atoms with Crippen LogP contribution in [0, 0.1) is 19.8 Å².